The Hall–Kier alpha value is -1.49. The van der Waals surface area contributed by atoms with E-state index in [1.807, 2.05) is 59.1 Å². The molecule has 0 fully saturated rings. The molecular weight excluding hydrogens is 352 g/mol. The number of rotatable bonds is 4. The summed E-state index contributed by atoms with van der Waals surface area (Å²) in [5.74, 6) is 0.114. The predicted octanol–water partition coefficient (Wildman–Crippen LogP) is 4.91. The second kappa shape index (κ2) is 8.26. The van der Waals surface area contributed by atoms with E-state index in [0.29, 0.717) is 11.8 Å². The zero-order valence-electron chi connectivity index (χ0n) is 14.5. The van der Waals surface area contributed by atoms with E-state index in [1.165, 1.54) is 4.90 Å². The van der Waals surface area contributed by atoms with E-state index >= 15 is 0 Å². The van der Waals surface area contributed by atoms with E-state index < -0.39 is 0 Å². The fraction of sp³-hybridized carbons (Fsp3) is 0.350. The van der Waals surface area contributed by atoms with Crippen LogP contribution in [0.3, 0.4) is 0 Å². The van der Waals surface area contributed by atoms with Gasteiger partial charge in [-0.15, -0.1) is 11.8 Å². The second-order valence-corrected chi connectivity index (χ2v) is 8.30. The van der Waals surface area contributed by atoms with Crippen molar-refractivity contribution >= 4 is 35.0 Å². The van der Waals surface area contributed by atoms with Crippen molar-refractivity contribution in [3.8, 4) is 0 Å². The summed E-state index contributed by atoms with van der Waals surface area (Å²) in [6.07, 6.45) is 0.998. The SMILES string of the molecule is C[C@H]1CCN(C(=O)CN[C@H](C)c2ccc(Cl)cc2)c2ccccc2S1. The number of nitrogens with zero attached hydrogens (tertiary/aromatic N) is 1. The van der Waals surface area contributed by atoms with Gasteiger partial charge in [-0.25, -0.2) is 0 Å². The van der Waals surface area contributed by atoms with Gasteiger partial charge in [0.15, 0.2) is 0 Å². The molecule has 0 radical (unpaired) electrons. The monoisotopic (exact) mass is 374 g/mol. The van der Waals surface area contributed by atoms with Crippen LogP contribution in [0, 0.1) is 0 Å². The summed E-state index contributed by atoms with van der Waals surface area (Å²) in [7, 11) is 0. The maximum absolute atomic E-state index is 12.8. The van der Waals surface area contributed by atoms with E-state index in [0.717, 1.165) is 29.2 Å². The molecule has 132 valence electrons. The number of para-hydroxylation sites is 1. The number of thioether (sulfide) groups is 1. The van der Waals surface area contributed by atoms with Crippen LogP contribution >= 0.6 is 23.4 Å². The maximum atomic E-state index is 12.8. The third kappa shape index (κ3) is 4.57. The smallest absolute Gasteiger partial charge is 0.240 e. The molecule has 0 aliphatic carbocycles. The normalized spacial score (nSPS) is 18.4. The van der Waals surface area contributed by atoms with Gasteiger partial charge in [0.05, 0.1) is 12.2 Å². The molecule has 3 nitrogen and oxygen atoms in total. The lowest BCUT2D eigenvalue weighted by Crippen LogP contribution is -2.39. The van der Waals surface area contributed by atoms with Crippen LogP contribution in [0.4, 0.5) is 5.69 Å². The average Bonchev–Trinajstić information content (AvgIpc) is 2.78. The number of fused-ring (bicyclic) bond motifs is 1. The minimum atomic E-state index is 0.0942. The van der Waals surface area contributed by atoms with Crippen LogP contribution in [0.2, 0.25) is 5.02 Å². The van der Waals surface area contributed by atoms with Crippen molar-refractivity contribution in [1.29, 1.82) is 0 Å². The zero-order chi connectivity index (χ0) is 17.8. The van der Waals surface area contributed by atoms with E-state index in [2.05, 4.69) is 25.2 Å². The number of amides is 1. The third-order valence-electron chi connectivity index (χ3n) is 4.47. The molecule has 5 heteroatoms. The molecule has 0 saturated carbocycles. The summed E-state index contributed by atoms with van der Waals surface area (Å²) in [4.78, 5) is 16.0. The van der Waals surface area contributed by atoms with Crippen LogP contribution in [0.5, 0.6) is 0 Å². The van der Waals surface area contributed by atoms with Gasteiger partial charge in [0.25, 0.3) is 0 Å². The highest BCUT2D eigenvalue weighted by Gasteiger charge is 2.24. The summed E-state index contributed by atoms with van der Waals surface area (Å²) in [6.45, 7) is 5.36. The molecule has 1 aliphatic heterocycles. The molecular formula is C20H23ClN2OS. The lowest BCUT2D eigenvalue weighted by Gasteiger charge is -2.24. The first-order valence-corrected chi connectivity index (χ1v) is 9.85. The second-order valence-electron chi connectivity index (χ2n) is 6.38. The van der Waals surface area contributed by atoms with Crippen molar-refractivity contribution in [2.45, 2.75) is 36.5 Å². The van der Waals surface area contributed by atoms with Gasteiger partial charge in [-0.2, -0.15) is 0 Å². The lowest BCUT2D eigenvalue weighted by atomic mass is 10.1. The van der Waals surface area contributed by atoms with E-state index in [9.17, 15) is 4.79 Å². The molecule has 1 amide bonds. The first-order chi connectivity index (χ1) is 12.0. The summed E-state index contributed by atoms with van der Waals surface area (Å²) in [5, 5.41) is 4.57. The number of anilines is 1. The summed E-state index contributed by atoms with van der Waals surface area (Å²) in [6, 6.07) is 16.0. The van der Waals surface area contributed by atoms with Gasteiger partial charge in [-0.1, -0.05) is 42.8 Å². The Labute approximate surface area is 158 Å². The Morgan fingerprint density at radius 3 is 2.76 bits per heavy atom. The van der Waals surface area contributed by atoms with E-state index in [4.69, 9.17) is 11.6 Å². The van der Waals surface area contributed by atoms with E-state index in [1.54, 1.807) is 0 Å². The average molecular weight is 375 g/mol. The highest BCUT2D eigenvalue weighted by atomic mass is 35.5. The van der Waals surface area contributed by atoms with Crippen LogP contribution < -0.4 is 10.2 Å². The number of nitrogens with one attached hydrogen (secondary N) is 1. The topological polar surface area (TPSA) is 32.3 Å². The molecule has 1 heterocycles. The molecule has 0 aromatic heterocycles. The third-order valence-corrected chi connectivity index (χ3v) is 5.96. The maximum Gasteiger partial charge on any atom is 0.240 e. The van der Waals surface area contributed by atoms with Gasteiger partial charge in [-0.05, 0) is 43.2 Å². The number of hydrogen-bond donors (Lipinski definition) is 1. The molecule has 1 N–H and O–H groups in total. The van der Waals surface area contributed by atoms with Crippen molar-refractivity contribution in [2.75, 3.05) is 18.0 Å². The predicted molar refractivity (Wildman–Crippen MR) is 107 cm³/mol. The Balaban J connectivity index is 1.67. The first kappa shape index (κ1) is 18.3. The summed E-state index contributed by atoms with van der Waals surface area (Å²) in [5.41, 5.74) is 2.15. The van der Waals surface area contributed by atoms with Crippen LogP contribution in [0.25, 0.3) is 0 Å². The van der Waals surface area contributed by atoms with Crippen molar-refractivity contribution in [2.24, 2.45) is 0 Å². The van der Waals surface area contributed by atoms with Crippen LogP contribution in [0.15, 0.2) is 53.4 Å². The molecule has 0 bridgehead atoms. The van der Waals surface area contributed by atoms with Crippen LogP contribution in [-0.2, 0) is 4.79 Å². The zero-order valence-corrected chi connectivity index (χ0v) is 16.1. The minimum absolute atomic E-state index is 0.0942. The molecule has 2 aromatic carbocycles. The Kier molecular flexibility index (Phi) is 6.05. The van der Waals surface area contributed by atoms with Gasteiger partial charge in [0.1, 0.15) is 0 Å². The fourth-order valence-electron chi connectivity index (χ4n) is 2.95. The van der Waals surface area contributed by atoms with Gasteiger partial charge >= 0.3 is 0 Å². The number of carbonyl (C=O) groups is 1. The Morgan fingerprint density at radius 2 is 2.00 bits per heavy atom. The molecule has 2 atom stereocenters. The van der Waals surface area contributed by atoms with Gasteiger partial charge < -0.3 is 10.2 Å². The Bertz CT molecular complexity index is 735. The standard InChI is InChI=1S/C20H23ClN2OS/c1-14-11-12-23(18-5-3-4-6-19(18)25-14)20(24)13-22-15(2)16-7-9-17(21)10-8-16/h3-10,14-15,22H,11-13H2,1-2H3/t14-,15+/m0/s1. The molecule has 0 unspecified atom stereocenters. The molecule has 0 saturated heterocycles. The number of halogens is 1. The number of benzene rings is 2. The minimum Gasteiger partial charge on any atom is -0.310 e. The molecule has 0 spiro atoms. The lowest BCUT2D eigenvalue weighted by molar-refractivity contribution is -0.117. The van der Waals surface area contributed by atoms with Crippen molar-refractivity contribution in [3.63, 3.8) is 0 Å². The molecule has 3 rings (SSSR count). The van der Waals surface area contributed by atoms with Crippen molar-refractivity contribution in [3.05, 3.63) is 59.1 Å². The number of hydrogen-bond acceptors (Lipinski definition) is 3. The molecule has 25 heavy (non-hydrogen) atoms. The highest BCUT2D eigenvalue weighted by molar-refractivity contribution is 8.00. The van der Waals surface area contributed by atoms with Gasteiger partial charge in [-0.3, -0.25) is 4.79 Å². The quantitative estimate of drug-likeness (QED) is 0.825. The molecule has 1 aliphatic rings. The summed E-state index contributed by atoms with van der Waals surface area (Å²) >= 11 is 7.79. The fourth-order valence-corrected chi connectivity index (χ4v) is 4.19. The molecule has 2 aromatic rings. The number of carbonyl (C=O) groups excluding carboxylic acids is 1. The first-order valence-electron chi connectivity index (χ1n) is 8.59. The largest absolute Gasteiger partial charge is 0.310 e. The van der Waals surface area contributed by atoms with Crippen molar-refractivity contribution in [1.82, 2.24) is 5.32 Å². The van der Waals surface area contributed by atoms with Crippen LogP contribution in [-0.4, -0.2) is 24.2 Å². The summed E-state index contributed by atoms with van der Waals surface area (Å²) < 4.78 is 0. The van der Waals surface area contributed by atoms with Gasteiger partial charge in [0.2, 0.25) is 5.91 Å². The highest BCUT2D eigenvalue weighted by Crippen LogP contribution is 2.37. The van der Waals surface area contributed by atoms with Crippen molar-refractivity contribution < 1.29 is 4.79 Å². The van der Waals surface area contributed by atoms with Crippen LogP contribution in [0.1, 0.15) is 31.9 Å². The van der Waals surface area contributed by atoms with E-state index in [-0.39, 0.29) is 11.9 Å². The Morgan fingerprint density at radius 1 is 1.28 bits per heavy atom. The van der Waals surface area contributed by atoms with Gasteiger partial charge in [0, 0.05) is 27.8 Å².